The van der Waals surface area contributed by atoms with Gasteiger partial charge in [0, 0.05) is 6.54 Å². The SMILES string of the molecule is CC(C)S(=O)(=O)N1CCCCC1N. The number of rotatable bonds is 2. The Labute approximate surface area is 80.1 Å². The highest BCUT2D eigenvalue weighted by Gasteiger charge is 2.31. The van der Waals surface area contributed by atoms with Gasteiger partial charge in [-0.1, -0.05) is 0 Å². The van der Waals surface area contributed by atoms with E-state index in [2.05, 4.69) is 0 Å². The van der Waals surface area contributed by atoms with Crippen molar-refractivity contribution in [2.45, 2.75) is 44.5 Å². The molecule has 13 heavy (non-hydrogen) atoms. The third-order valence-corrected chi connectivity index (χ3v) is 4.72. The lowest BCUT2D eigenvalue weighted by Crippen LogP contribution is -2.50. The Balaban J connectivity index is 2.80. The van der Waals surface area contributed by atoms with Crippen LogP contribution in [-0.2, 0) is 10.0 Å². The Morgan fingerprint density at radius 2 is 2.00 bits per heavy atom. The lowest BCUT2D eigenvalue weighted by atomic mass is 10.1. The predicted molar refractivity (Wildman–Crippen MR) is 52.6 cm³/mol. The van der Waals surface area contributed by atoms with Gasteiger partial charge in [-0.3, -0.25) is 0 Å². The van der Waals surface area contributed by atoms with Gasteiger partial charge >= 0.3 is 0 Å². The summed E-state index contributed by atoms with van der Waals surface area (Å²) in [6.07, 6.45) is 2.44. The van der Waals surface area contributed by atoms with Crippen LogP contribution < -0.4 is 5.73 Å². The van der Waals surface area contributed by atoms with Crippen LogP contribution >= 0.6 is 0 Å². The lowest BCUT2D eigenvalue weighted by Gasteiger charge is -2.33. The molecule has 1 atom stereocenters. The molecule has 0 aromatic carbocycles. The number of piperidine rings is 1. The van der Waals surface area contributed by atoms with Crippen molar-refractivity contribution in [2.75, 3.05) is 6.54 Å². The Morgan fingerprint density at radius 3 is 2.46 bits per heavy atom. The van der Waals surface area contributed by atoms with Crippen molar-refractivity contribution < 1.29 is 8.42 Å². The smallest absolute Gasteiger partial charge is 0.217 e. The fraction of sp³-hybridized carbons (Fsp3) is 1.00. The van der Waals surface area contributed by atoms with Crippen LogP contribution in [0.5, 0.6) is 0 Å². The van der Waals surface area contributed by atoms with Crippen LogP contribution in [0, 0.1) is 0 Å². The Bertz CT molecular complexity index is 261. The third kappa shape index (κ3) is 2.21. The van der Waals surface area contributed by atoms with E-state index < -0.39 is 10.0 Å². The molecule has 1 fully saturated rings. The van der Waals surface area contributed by atoms with Crippen LogP contribution in [-0.4, -0.2) is 30.7 Å². The Morgan fingerprint density at radius 1 is 1.38 bits per heavy atom. The van der Waals surface area contributed by atoms with E-state index in [1.807, 2.05) is 0 Å². The van der Waals surface area contributed by atoms with Crippen molar-refractivity contribution in [1.82, 2.24) is 4.31 Å². The van der Waals surface area contributed by atoms with Crippen molar-refractivity contribution in [3.05, 3.63) is 0 Å². The zero-order valence-corrected chi connectivity index (χ0v) is 9.05. The first-order valence-corrected chi connectivity index (χ1v) is 6.23. The van der Waals surface area contributed by atoms with Gasteiger partial charge in [-0.2, -0.15) is 4.31 Å². The number of hydrogen-bond acceptors (Lipinski definition) is 3. The molecule has 0 radical (unpaired) electrons. The monoisotopic (exact) mass is 206 g/mol. The highest BCUT2D eigenvalue weighted by molar-refractivity contribution is 7.89. The summed E-state index contributed by atoms with van der Waals surface area (Å²) in [7, 11) is -3.14. The fourth-order valence-electron chi connectivity index (χ4n) is 1.52. The minimum atomic E-state index is -3.14. The quantitative estimate of drug-likeness (QED) is 0.715. The number of hydrogen-bond donors (Lipinski definition) is 1. The van der Waals surface area contributed by atoms with Crippen LogP contribution in [0.1, 0.15) is 33.1 Å². The molecule has 0 saturated carbocycles. The number of nitrogens with two attached hydrogens (primary N) is 1. The first-order valence-electron chi connectivity index (χ1n) is 4.72. The molecule has 4 nitrogen and oxygen atoms in total. The minimum absolute atomic E-state index is 0.304. The highest BCUT2D eigenvalue weighted by atomic mass is 32.2. The van der Waals surface area contributed by atoms with Crippen molar-refractivity contribution in [1.29, 1.82) is 0 Å². The fourth-order valence-corrected chi connectivity index (χ4v) is 2.93. The maximum absolute atomic E-state index is 11.7. The van der Waals surface area contributed by atoms with E-state index in [4.69, 9.17) is 5.73 Å². The van der Waals surface area contributed by atoms with Gasteiger partial charge in [-0.05, 0) is 33.1 Å². The van der Waals surface area contributed by atoms with E-state index in [0.717, 1.165) is 19.3 Å². The minimum Gasteiger partial charge on any atom is -0.315 e. The Kier molecular flexibility index (Phi) is 3.32. The van der Waals surface area contributed by atoms with Crippen molar-refractivity contribution in [3.8, 4) is 0 Å². The molecular weight excluding hydrogens is 188 g/mol. The molecule has 0 bridgehead atoms. The lowest BCUT2D eigenvalue weighted by molar-refractivity contribution is 0.256. The largest absolute Gasteiger partial charge is 0.315 e. The molecule has 1 heterocycles. The molecule has 0 aliphatic carbocycles. The molecule has 1 rings (SSSR count). The van der Waals surface area contributed by atoms with Gasteiger partial charge in [0.2, 0.25) is 10.0 Å². The van der Waals surface area contributed by atoms with Gasteiger partial charge in [0.1, 0.15) is 0 Å². The van der Waals surface area contributed by atoms with E-state index >= 15 is 0 Å². The molecule has 1 aliphatic heterocycles. The average Bonchev–Trinajstić information content (AvgIpc) is 2.04. The standard InChI is InChI=1S/C8H18N2O2S/c1-7(2)13(11,12)10-6-4-3-5-8(10)9/h7-8H,3-6,9H2,1-2H3. The van der Waals surface area contributed by atoms with Gasteiger partial charge in [0.15, 0.2) is 0 Å². The molecule has 0 spiro atoms. The second-order valence-electron chi connectivity index (χ2n) is 3.77. The first kappa shape index (κ1) is 10.9. The summed E-state index contributed by atoms with van der Waals surface area (Å²) in [5.74, 6) is 0. The van der Waals surface area contributed by atoms with Crippen LogP contribution in [0.3, 0.4) is 0 Å². The number of sulfonamides is 1. The zero-order valence-electron chi connectivity index (χ0n) is 8.23. The number of nitrogens with zero attached hydrogens (tertiary/aromatic N) is 1. The normalized spacial score (nSPS) is 26.6. The summed E-state index contributed by atoms with van der Waals surface area (Å²) in [5, 5.41) is -0.364. The molecule has 0 aromatic heterocycles. The van der Waals surface area contributed by atoms with E-state index in [-0.39, 0.29) is 11.4 Å². The van der Waals surface area contributed by atoms with E-state index in [9.17, 15) is 8.42 Å². The zero-order chi connectivity index (χ0) is 10.1. The summed E-state index contributed by atoms with van der Waals surface area (Å²) < 4.78 is 24.9. The average molecular weight is 206 g/mol. The third-order valence-electron chi connectivity index (χ3n) is 2.42. The van der Waals surface area contributed by atoms with Gasteiger partial charge in [-0.15, -0.1) is 0 Å². The molecular formula is C8H18N2O2S. The Hall–Kier alpha value is -0.130. The van der Waals surface area contributed by atoms with Crippen molar-refractivity contribution >= 4 is 10.0 Å². The summed E-state index contributed by atoms with van der Waals surface area (Å²) in [5.41, 5.74) is 5.75. The maximum atomic E-state index is 11.7. The van der Waals surface area contributed by atoms with Gasteiger partial charge in [0.25, 0.3) is 0 Å². The summed E-state index contributed by atoms with van der Waals surface area (Å²) in [4.78, 5) is 0. The molecule has 0 aromatic rings. The first-order chi connectivity index (χ1) is 5.96. The highest BCUT2D eigenvalue weighted by Crippen LogP contribution is 2.19. The van der Waals surface area contributed by atoms with Crippen LogP contribution in [0.15, 0.2) is 0 Å². The van der Waals surface area contributed by atoms with Crippen LogP contribution in [0.25, 0.3) is 0 Å². The van der Waals surface area contributed by atoms with Gasteiger partial charge in [-0.25, -0.2) is 8.42 Å². The predicted octanol–water partition coefficient (Wildman–Crippen LogP) is 0.495. The van der Waals surface area contributed by atoms with Crippen molar-refractivity contribution in [3.63, 3.8) is 0 Å². The molecule has 1 aliphatic rings. The molecule has 0 amide bonds. The van der Waals surface area contributed by atoms with E-state index in [1.54, 1.807) is 13.8 Å². The van der Waals surface area contributed by atoms with Crippen LogP contribution in [0.4, 0.5) is 0 Å². The molecule has 1 saturated heterocycles. The van der Waals surface area contributed by atoms with Gasteiger partial charge < -0.3 is 5.73 Å². The molecule has 78 valence electrons. The van der Waals surface area contributed by atoms with Crippen LogP contribution in [0.2, 0.25) is 0 Å². The topological polar surface area (TPSA) is 63.4 Å². The van der Waals surface area contributed by atoms with Gasteiger partial charge in [0.05, 0.1) is 11.4 Å². The van der Waals surface area contributed by atoms with E-state index in [0.29, 0.717) is 6.54 Å². The summed E-state index contributed by atoms with van der Waals surface area (Å²) in [6, 6.07) is 0. The second kappa shape index (κ2) is 3.94. The molecule has 1 unspecified atom stereocenters. The van der Waals surface area contributed by atoms with E-state index in [1.165, 1.54) is 4.31 Å². The van der Waals surface area contributed by atoms with Crippen molar-refractivity contribution in [2.24, 2.45) is 5.73 Å². The summed E-state index contributed by atoms with van der Waals surface area (Å²) >= 11 is 0. The molecule has 5 heteroatoms. The maximum Gasteiger partial charge on any atom is 0.217 e. The second-order valence-corrected chi connectivity index (χ2v) is 6.21. The summed E-state index contributed by atoms with van der Waals surface area (Å²) in [6.45, 7) is 3.97. The molecule has 2 N–H and O–H groups in total.